The van der Waals surface area contributed by atoms with Gasteiger partial charge in [-0.2, -0.15) is 5.10 Å². The molecule has 0 saturated carbocycles. The van der Waals surface area contributed by atoms with Crippen LogP contribution in [0, 0.1) is 0 Å². The molecule has 27 heavy (non-hydrogen) atoms. The Morgan fingerprint density at radius 3 is 2.70 bits per heavy atom. The first-order chi connectivity index (χ1) is 13.2. The third kappa shape index (κ3) is 3.84. The Kier molecular flexibility index (Phi) is 4.87. The van der Waals surface area contributed by atoms with Crippen LogP contribution in [0.5, 0.6) is 0 Å². The summed E-state index contributed by atoms with van der Waals surface area (Å²) in [6.45, 7) is 2.37. The zero-order valence-corrected chi connectivity index (χ0v) is 15.5. The van der Waals surface area contributed by atoms with E-state index in [-0.39, 0.29) is 5.91 Å². The van der Waals surface area contributed by atoms with Crippen molar-refractivity contribution in [2.75, 3.05) is 25.0 Å². The number of carbonyl (C=O) groups excluding carboxylic acids is 1. The Balaban J connectivity index is 1.47. The Morgan fingerprint density at radius 1 is 1.15 bits per heavy atom. The monoisotopic (exact) mass is 361 g/mol. The van der Waals surface area contributed by atoms with E-state index in [1.54, 1.807) is 12.3 Å². The zero-order chi connectivity index (χ0) is 18.6. The van der Waals surface area contributed by atoms with Crippen molar-refractivity contribution < 1.29 is 4.79 Å². The van der Waals surface area contributed by atoms with Crippen LogP contribution in [0.4, 0.5) is 5.82 Å². The van der Waals surface area contributed by atoms with Gasteiger partial charge in [-0.25, -0.2) is 9.67 Å². The minimum absolute atomic E-state index is 0.0986. The van der Waals surface area contributed by atoms with Crippen molar-refractivity contribution in [2.45, 2.75) is 19.4 Å². The van der Waals surface area contributed by atoms with Gasteiger partial charge >= 0.3 is 0 Å². The number of rotatable bonds is 5. The van der Waals surface area contributed by atoms with Gasteiger partial charge in [-0.1, -0.05) is 18.2 Å². The number of benzene rings is 1. The van der Waals surface area contributed by atoms with Gasteiger partial charge in [-0.05, 0) is 37.1 Å². The number of hydrogen-bond donors (Lipinski definition) is 0. The third-order valence-electron chi connectivity index (χ3n) is 4.85. The fraction of sp³-hybridized carbons (Fsp3) is 0.286. The van der Waals surface area contributed by atoms with Crippen LogP contribution in [0.1, 0.15) is 28.8 Å². The molecule has 0 aliphatic carbocycles. The number of carbonyl (C=O) groups is 1. The molecule has 1 saturated heterocycles. The van der Waals surface area contributed by atoms with Crippen LogP contribution in [0.15, 0.2) is 61.1 Å². The smallest absolute Gasteiger partial charge is 0.254 e. The van der Waals surface area contributed by atoms with Crippen molar-refractivity contribution >= 4 is 11.7 Å². The summed E-state index contributed by atoms with van der Waals surface area (Å²) in [4.78, 5) is 21.0. The van der Waals surface area contributed by atoms with Gasteiger partial charge in [-0.3, -0.25) is 4.79 Å². The highest BCUT2D eigenvalue weighted by Crippen LogP contribution is 2.18. The number of nitrogens with zero attached hydrogens (tertiary/aromatic N) is 5. The Hall–Kier alpha value is -3.15. The maximum Gasteiger partial charge on any atom is 0.254 e. The van der Waals surface area contributed by atoms with Crippen LogP contribution in [-0.2, 0) is 6.54 Å². The summed E-state index contributed by atoms with van der Waals surface area (Å²) in [5.74, 6) is 0.883. The van der Waals surface area contributed by atoms with Crippen LogP contribution in [0.3, 0.4) is 0 Å². The average molecular weight is 361 g/mol. The number of amides is 1. The normalized spacial score (nSPS) is 13.7. The second-order valence-corrected chi connectivity index (χ2v) is 6.89. The Morgan fingerprint density at radius 2 is 1.93 bits per heavy atom. The molecule has 3 aromatic rings. The minimum Gasteiger partial charge on any atom is -0.355 e. The molecule has 2 aromatic heterocycles. The summed E-state index contributed by atoms with van der Waals surface area (Å²) in [6.07, 6.45) is 7.78. The molecule has 1 aliphatic heterocycles. The number of pyridine rings is 1. The van der Waals surface area contributed by atoms with Crippen LogP contribution >= 0.6 is 0 Å². The fourth-order valence-corrected chi connectivity index (χ4v) is 3.38. The quantitative estimate of drug-likeness (QED) is 0.701. The van der Waals surface area contributed by atoms with Gasteiger partial charge in [0.2, 0.25) is 0 Å². The van der Waals surface area contributed by atoms with Crippen LogP contribution in [0.2, 0.25) is 0 Å². The zero-order valence-electron chi connectivity index (χ0n) is 15.5. The molecule has 0 unspecified atom stereocenters. The molecule has 0 atom stereocenters. The SMILES string of the molecule is CN(Cc1cnn(-c2ccccc2)c1)c1cc(C(=O)N2CCCC2)ccn1. The van der Waals surface area contributed by atoms with E-state index < -0.39 is 0 Å². The van der Waals surface area contributed by atoms with E-state index in [1.165, 1.54) is 0 Å². The lowest BCUT2D eigenvalue weighted by Crippen LogP contribution is -2.28. The fourth-order valence-electron chi connectivity index (χ4n) is 3.38. The maximum atomic E-state index is 12.6. The van der Waals surface area contributed by atoms with Crippen molar-refractivity contribution in [3.63, 3.8) is 0 Å². The molecular weight excluding hydrogens is 338 g/mol. The first-order valence-electron chi connectivity index (χ1n) is 9.26. The van der Waals surface area contributed by atoms with Gasteiger partial charge in [0.15, 0.2) is 0 Å². The molecular formula is C21H23N5O. The van der Waals surface area contributed by atoms with E-state index in [1.807, 2.05) is 70.3 Å². The standard InChI is InChI=1S/C21H23N5O/c1-24(15-17-14-23-26(16-17)19-7-3-2-4-8-19)20-13-18(9-10-22-20)21(27)25-11-5-6-12-25/h2-4,7-10,13-14,16H,5-6,11-12,15H2,1H3. The van der Waals surface area contributed by atoms with E-state index >= 15 is 0 Å². The average Bonchev–Trinajstić information content (AvgIpc) is 3.40. The highest BCUT2D eigenvalue weighted by atomic mass is 16.2. The lowest BCUT2D eigenvalue weighted by molar-refractivity contribution is 0.0792. The molecule has 6 heteroatoms. The molecule has 0 bridgehead atoms. The lowest BCUT2D eigenvalue weighted by Gasteiger charge is -2.19. The van der Waals surface area contributed by atoms with Gasteiger partial charge < -0.3 is 9.80 Å². The summed E-state index contributed by atoms with van der Waals surface area (Å²) < 4.78 is 1.87. The maximum absolute atomic E-state index is 12.6. The molecule has 1 aromatic carbocycles. The molecule has 3 heterocycles. The van der Waals surface area contributed by atoms with E-state index in [0.717, 1.165) is 43.0 Å². The third-order valence-corrected chi connectivity index (χ3v) is 4.85. The van der Waals surface area contributed by atoms with Crippen molar-refractivity contribution in [1.29, 1.82) is 0 Å². The van der Waals surface area contributed by atoms with Gasteiger partial charge in [0.25, 0.3) is 5.91 Å². The summed E-state index contributed by atoms with van der Waals surface area (Å²) >= 11 is 0. The first-order valence-corrected chi connectivity index (χ1v) is 9.26. The summed E-state index contributed by atoms with van der Waals surface area (Å²) in [5.41, 5.74) is 2.82. The molecule has 0 radical (unpaired) electrons. The molecule has 6 nitrogen and oxygen atoms in total. The summed E-state index contributed by atoms with van der Waals surface area (Å²) in [6, 6.07) is 13.7. The topological polar surface area (TPSA) is 54.3 Å². The highest BCUT2D eigenvalue weighted by Gasteiger charge is 2.20. The number of anilines is 1. The molecule has 1 fully saturated rings. The predicted molar refractivity (Wildman–Crippen MR) is 105 cm³/mol. The van der Waals surface area contributed by atoms with E-state index in [4.69, 9.17) is 0 Å². The number of likely N-dealkylation sites (tertiary alicyclic amines) is 1. The second-order valence-electron chi connectivity index (χ2n) is 6.89. The van der Waals surface area contributed by atoms with Crippen molar-refractivity contribution in [3.05, 3.63) is 72.2 Å². The Labute approximate surface area is 159 Å². The second kappa shape index (κ2) is 7.61. The van der Waals surface area contributed by atoms with Gasteiger partial charge in [0, 0.05) is 50.2 Å². The molecule has 0 N–H and O–H groups in total. The van der Waals surface area contributed by atoms with Crippen molar-refractivity contribution in [1.82, 2.24) is 19.7 Å². The van der Waals surface area contributed by atoms with Gasteiger partial charge in [0.1, 0.15) is 5.82 Å². The van der Waals surface area contributed by atoms with Crippen molar-refractivity contribution in [2.24, 2.45) is 0 Å². The first kappa shape index (κ1) is 17.3. The van der Waals surface area contributed by atoms with Crippen LogP contribution < -0.4 is 4.90 Å². The summed E-state index contributed by atoms with van der Waals surface area (Å²) in [7, 11) is 1.98. The summed E-state index contributed by atoms with van der Waals surface area (Å²) in [5, 5.41) is 4.44. The van der Waals surface area contributed by atoms with Crippen LogP contribution in [-0.4, -0.2) is 45.7 Å². The van der Waals surface area contributed by atoms with Gasteiger partial charge in [-0.15, -0.1) is 0 Å². The van der Waals surface area contributed by atoms with Gasteiger partial charge in [0.05, 0.1) is 11.9 Å². The largest absolute Gasteiger partial charge is 0.355 e. The lowest BCUT2D eigenvalue weighted by atomic mass is 10.2. The number of aromatic nitrogens is 3. The van der Waals surface area contributed by atoms with E-state index in [9.17, 15) is 4.79 Å². The molecule has 1 aliphatic rings. The molecule has 4 rings (SSSR count). The highest BCUT2D eigenvalue weighted by molar-refractivity contribution is 5.95. The van der Waals surface area contributed by atoms with E-state index in [0.29, 0.717) is 12.1 Å². The van der Waals surface area contributed by atoms with Crippen LogP contribution in [0.25, 0.3) is 5.69 Å². The number of hydrogen-bond acceptors (Lipinski definition) is 4. The molecule has 0 spiro atoms. The van der Waals surface area contributed by atoms with Crippen molar-refractivity contribution in [3.8, 4) is 5.69 Å². The minimum atomic E-state index is 0.0986. The molecule has 1 amide bonds. The van der Waals surface area contributed by atoms with E-state index in [2.05, 4.69) is 10.1 Å². The Bertz CT molecular complexity index is 915. The number of para-hydroxylation sites is 1. The predicted octanol–water partition coefficient (Wildman–Crippen LogP) is 3.14. The molecule has 138 valence electrons.